The molecule has 0 aromatic carbocycles. The summed E-state index contributed by atoms with van der Waals surface area (Å²) < 4.78 is 26.6. The quantitative estimate of drug-likeness (QED) is 0.403. The van der Waals surface area contributed by atoms with Gasteiger partial charge in [-0.2, -0.15) is 0 Å². The third-order valence-corrected chi connectivity index (χ3v) is 4.47. The van der Waals surface area contributed by atoms with Gasteiger partial charge in [0.15, 0.2) is 0 Å². The fraction of sp³-hybridized carbons (Fsp3) is 0.938. The molecule has 1 amide bonds. The number of ether oxygens (including phenoxy) is 1. The minimum atomic E-state index is -3.32. The fourth-order valence-electron chi connectivity index (χ4n) is 2.14. The largest absolute Gasteiger partial charge is 0.444 e. The highest BCUT2D eigenvalue weighted by Gasteiger charge is 2.15. The maximum Gasteiger partial charge on any atom is 0.407 e. The van der Waals surface area contributed by atoms with Crippen LogP contribution in [0.3, 0.4) is 0 Å². The lowest BCUT2D eigenvalue weighted by Crippen LogP contribution is -2.32. The van der Waals surface area contributed by atoms with E-state index >= 15 is 0 Å². The standard InChI is InChI=1S/C16H32ClNO4S/c1-16(2,3)22-15(19)18-13-11-9-7-5-4-6-8-10-12-14-23(17,20)21/h4-14H2,1-3H3,(H,18,19). The molecule has 0 fully saturated rings. The molecule has 138 valence electrons. The van der Waals surface area contributed by atoms with Crippen molar-refractivity contribution in [3.8, 4) is 0 Å². The van der Waals surface area contributed by atoms with Crippen LogP contribution in [-0.4, -0.2) is 32.4 Å². The van der Waals surface area contributed by atoms with Crippen molar-refractivity contribution in [2.24, 2.45) is 0 Å². The number of hydrogen-bond donors (Lipinski definition) is 1. The summed E-state index contributed by atoms with van der Waals surface area (Å²) in [6.45, 7) is 6.20. The maximum atomic E-state index is 11.4. The molecule has 0 heterocycles. The molecule has 0 bridgehead atoms. The summed E-state index contributed by atoms with van der Waals surface area (Å²) in [4.78, 5) is 11.4. The maximum absolute atomic E-state index is 11.4. The first-order valence-corrected chi connectivity index (χ1v) is 11.0. The van der Waals surface area contributed by atoms with Crippen LogP contribution in [-0.2, 0) is 13.8 Å². The summed E-state index contributed by atoms with van der Waals surface area (Å²) in [6.07, 6.45) is 9.00. The van der Waals surface area contributed by atoms with Crippen molar-refractivity contribution in [1.82, 2.24) is 5.32 Å². The lowest BCUT2D eigenvalue weighted by molar-refractivity contribution is 0.0527. The van der Waals surface area contributed by atoms with E-state index in [0.29, 0.717) is 13.0 Å². The molecular formula is C16H32ClNO4S. The van der Waals surface area contributed by atoms with Crippen molar-refractivity contribution in [3.05, 3.63) is 0 Å². The van der Waals surface area contributed by atoms with Crippen molar-refractivity contribution >= 4 is 25.8 Å². The number of carbonyl (C=O) groups excluding carboxylic acids is 1. The zero-order valence-electron chi connectivity index (χ0n) is 14.7. The number of rotatable bonds is 12. The van der Waals surface area contributed by atoms with E-state index in [9.17, 15) is 13.2 Å². The van der Waals surface area contributed by atoms with Crippen LogP contribution >= 0.6 is 10.7 Å². The van der Waals surface area contributed by atoms with Crippen molar-refractivity contribution in [3.63, 3.8) is 0 Å². The molecule has 0 saturated heterocycles. The summed E-state index contributed by atoms with van der Waals surface area (Å²) in [5.74, 6) is 0.0825. The average molecular weight is 370 g/mol. The van der Waals surface area contributed by atoms with Crippen molar-refractivity contribution in [2.45, 2.75) is 84.2 Å². The molecular weight excluding hydrogens is 338 g/mol. The second kappa shape index (κ2) is 12.0. The number of unbranched alkanes of at least 4 members (excludes halogenated alkanes) is 8. The van der Waals surface area contributed by atoms with Crippen LogP contribution < -0.4 is 5.32 Å². The summed E-state index contributed by atoms with van der Waals surface area (Å²) in [5, 5.41) is 2.76. The van der Waals surface area contributed by atoms with Gasteiger partial charge in [-0.05, 0) is 33.6 Å². The zero-order chi connectivity index (χ0) is 17.8. The normalized spacial score (nSPS) is 12.2. The van der Waals surface area contributed by atoms with E-state index in [1.165, 1.54) is 12.8 Å². The molecule has 5 nitrogen and oxygen atoms in total. The van der Waals surface area contributed by atoms with Crippen molar-refractivity contribution in [2.75, 3.05) is 12.3 Å². The second-order valence-corrected chi connectivity index (χ2v) is 9.75. The topological polar surface area (TPSA) is 72.5 Å². The summed E-state index contributed by atoms with van der Waals surface area (Å²) >= 11 is 0. The summed E-state index contributed by atoms with van der Waals surface area (Å²) in [6, 6.07) is 0. The first kappa shape index (κ1) is 22.5. The first-order chi connectivity index (χ1) is 10.6. The third kappa shape index (κ3) is 19.5. The number of carbonyl (C=O) groups is 1. The average Bonchev–Trinajstić information content (AvgIpc) is 2.36. The molecule has 0 radical (unpaired) electrons. The Morgan fingerprint density at radius 2 is 1.35 bits per heavy atom. The number of nitrogens with one attached hydrogen (secondary N) is 1. The van der Waals surface area contributed by atoms with Crippen LogP contribution in [0.25, 0.3) is 0 Å². The predicted molar refractivity (Wildman–Crippen MR) is 95.4 cm³/mol. The molecule has 1 N–H and O–H groups in total. The van der Waals surface area contributed by atoms with Gasteiger partial charge in [-0.1, -0.05) is 44.9 Å². The van der Waals surface area contributed by atoms with Crippen molar-refractivity contribution in [1.29, 1.82) is 0 Å². The van der Waals surface area contributed by atoms with Crippen LogP contribution in [0, 0.1) is 0 Å². The minimum Gasteiger partial charge on any atom is -0.444 e. The molecule has 0 rings (SSSR count). The number of alkyl carbamates (subject to hydrolysis) is 1. The van der Waals surface area contributed by atoms with E-state index in [-0.39, 0.29) is 11.8 Å². The van der Waals surface area contributed by atoms with Gasteiger partial charge < -0.3 is 10.1 Å². The van der Waals surface area contributed by atoms with E-state index < -0.39 is 14.7 Å². The Kier molecular flexibility index (Phi) is 11.7. The van der Waals surface area contributed by atoms with E-state index in [1.54, 1.807) is 0 Å². The number of halogens is 1. The smallest absolute Gasteiger partial charge is 0.407 e. The molecule has 7 heteroatoms. The molecule has 0 saturated carbocycles. The molecule has 0 aliphatic heterocycles. The molecule has 0 aliphatic rings. The number of hydrogen-bond acceptors (Lipinski definition) is 4. The fourth-order valence-corrected chi connectivity index (χ4v) is 3.02. The van der Waals surface area contributed by atoms with Gasteiger partial charge in [-0.3, -0.25) is 0 Å². The Hall–Kier alpha value is -0.490. The van der Waals surface area contributed by atoms with Crippen molar-refractivity contribution < 1.29 is 17.9 Å². The van der Waals surface area contributed by atoms with E-state index in [4.69, 9.17) is 15.4 Å². The van der Waals surface area contributed by atoms with Gasteiger partial charge in [-0.15, -0.1) is 0 Å². The number of amides is 1. The van der Waals surface area contributed by atoms with Gasteiger partial charge >= 0.3 is 6.09 Å². The van der Waals surface area contributed by atoms with Crippen LogP contribution in [0.15, 0.2) is 0 Å². The third-order valence-electron chi connectivity index (χ3n) is 3.23. The SMILES string of the molecule is CC(C)(C)OC(=O)NCCCCCCCCCCCS(=O)(=O)Cl. The monoisotopic (exact) mass is 369 g/mol. The molecule has 0 atom stereocenters. The van der Waals surface area contributed by atoms with Crippen LogP contribution in [0.5, 0.6) is 0 Å². The van der Waals surface area contributed by atoms with Gasteiger partial charge in [0, 0.05) is 17.2 Å². The molecule has 0 unspecified atom stereocenters. The Morgan fingerprint density at radius 1 is 0.913 bits per heavy atom. The van der Waals surface area contributed by atoms with E-state index in [0.717, 1.165) is 38.5 Å². The highest BCUT2D eigenvalue weighted by Crippen LogP contribution is 2.11. The second-order valence-electron chi connectivity index (χ2n) is 6.85. The summed E-state index contributed by atoms with van der Waals surface area (Å²) in [7, 11) is 1.83. The Bertz CT molecular complexity index is 418. The van der Waals surface area contributed by atoms with Gasteiger partial charge in [0.2, 0.25) is 9.05 Å². The van der Waals surface area contributed by atoms with Crippen LogP contribution in [0.4, 0.5) is 4.79 Å². The Balaban J connectivity index is 3.27. The van der Waals surface area contributed by atoms with E-state index in [1.807, 2.05) is 20.8 Å². The summed E-state index contributed by atoms with van der Waals surface area (Å²) in [5.41, 5.74) is -0.446. The zero-order valence-corrected chi connectivity index (χ0v) is 16.3. The molecule has 0 aliphatic carbocycles. The lowest BCUT2D eigenvalue weighted by Gasteiger charge is -2.19. The molecule has 0 aromatic rings. The van der Waals surface area contributed by atoms with Crippen LogP contribution in [0.2, 0.25) is 0 Å². The van der Waals surface area contributed by atoms with Crippen LogP contribution in [0.1, 0.15) is 78.6 Å². The minimum absolute atomic E-state index is 0.0825. The highest BCUT2D eigenvalue weighted by atomic mass is 35.7. The van der Waals surface area contributed by atoms with Gasteiger partial charge in [0.25, 0.3) is 0 Å². The predicted octanol–water partition coefficient (Wildman–Crippen LogP) is 4.59. The van der Waals surface area contributed by atoms with Gasteiger partial charge in [0.1, 0.15) is 5.60 Å². The van der Waals surface area contributed by atoms with E-state index in [2.05, 4.69) is 5.32 Å². The molecule has 0 aromatic heterocycles. The van der Waals surface area contributed by atoms with Gasteiger partial charge in [-0.25, -0.2) is 13.2 Å². The Labute approximate surface area is 145 Å². The lowest BCUT2D eigenvalue weighted by atomic mass is 10.1. The first-order valence-electron chi connectivity index (χ1n) is 8.49. The molecule has 0 spiro atoms. The molecule has 23 heavy (non-hydrogen) atoms. The Morgan fingerprint density at radius 3 is 1.78 bits per heavy atom. The van der Waals surface area contributed by atoms with Gasteiger partial charge in [0.05, 0.1) is 5.75 Å². The highest BCUT2D eigenvalue weighted by molar-refractivity contribution is 8.13.